The van der Waals surface area contributed by atoms with Gasteiger partial charge in [0.25, 0.3) is 0 Å². The van der Waals surface area contributed by atoms with Gasteiger partial charge < -0.3 is 4.74 Å². The maximum absolute atomic E-state index is 11.8. The molecule has 0 N–H and O–H groups in total. The van der Waals surface area contributed by atoms with E-state index in [4.69, 9.17) is 4.74 Å². The number of nitrogens with zero attached hydrogens (tertiary/aromatic N) is 2. The summed E-state index contributed by atoms with van der Waals surface area (Å²) in [5.74, 6) is 0.0205. The molecule has 0 aliphatic carbocycles. The molecule has 5 heteroatoms. The number of thioether (sulfide) groups is 1. The summed E-state index contributed by atoms with van der Waals surface area (Å²) in [5, 5.41) is 0.791. The van der Waals surface area contributed by atoms with Crippen molar-refractivity contribution in [1.29, 1.82) is 0 Å². The highest BCUT2D eigenvalue weighted by atomic mass is 32.2. The number of carbonyl (C=O) groups is 1. The third-order valence-electron chi connectivity index (χ3n) is 3.18. The van der Waals surface area contributed by atoms with Crippen molar-refractivity contribution in [3.05, 3.63) is 41.7 Å². The predicted octanol–water partition coefficient (Wildman–Crippen LogP) is 3.92. The summed E-state index contributed by atoms with van der Waals surface area (Å²) >= 11 is 1.39. The number of ether oxygens (including phenoxy) is 1. The molecule has 2 rings (SSSR count). The summed E-state index contributed by atoms with van der Waals surface area (Å²) in [6.07, 6.45) is 3.67. The van der Waals surface area contributed by atoms with E-state index in [1.165, 1.54) is 22.9 Å². The Morgan fingerprint density at radius 2 is 2.05 bits per heavy atom. The second kappa shape index (κ2) is 6.57. The van der Waals surface area contributed by atoms with Gasteiger partial charge in [-0.05, 0) is 51.8 Å². The van der Waals surface area contributed by atoms with Crippen LogP contribution in [0.5, 0.6) is 0 Å². The summed E-state index contributed by atoms with van der Waals surface area (Å²) in [7, 11) is 0. The van der Waals surface area contributed by atoms with Crippen LogP contribution >= 0.6 is 11.8 Å². The van der Waals surface area contributed by atoms with Gasteiger partial charge in [-0.3, -0.25) is 9.36 Å². The minimum Gasteiger partial charge on any atom is -0.459 e. The molecule has 0 aliphatic rings. The maximum Gasteiger partial charge on any atom is 0.316 e. The molecule has 0 amide bonds. The lowest BCUT2D eigenvalue weighted by molar-refractivity contribution is -0.151. The summed E-state index contributed by atoms with van der Waals surface area (Å²) in [6, 6.07) is 6.17. The van der Waals surface area contributed by atoms with E-state index in [9.17, 15) is 4.79 Å². The first kappa shape index (κ1) is 16.6. The van der Waals surface area contributed by atoms with Crippen LogP contribution in [0.3, 0.4) is 0 Å². The molecule has 0 spiro atoms. The molecule has 0 saturated carbocycles. The van der Waals surface area contributed by atoms with Gasteiger partial charge in [0.2, 0.25) is 0 Å². The first-order valence-corrected chi connectivity index (χ1v) is 8.21. The van der Waals surface area contributed by atoms with E-state index >= 15 is 0 Å². The van der Waals surface area contributed by atoms with Crippen LogP contribution < -0.4 is 0 Å². The Hall–Kier alpha value is -1.75. The summed E-state index contributed by atoms with van der Waals surface area (Å²) in [4.78, 5) is 16.2. The van der Waals surface area contributed by atoms with Crippen molar-refractivity contribution in [2.45, 2.75) is 45.4 Å². The molecule has 0 unspecified atom stereocenters. The van der Waals surface area contributed by atoms with E-state index in [0.717, 1.165) is 10.8 Å². The summed E-state index contributed by atoms with van der Waals surface area (Å²) < 4.78 is 7.34. The molecule has 1 aromatic carbocycles. The standard InChI is InChI=1S/C17H22N2O2S/c1-12-7-6-8-14(13(12)2)19-10-9-18-16(19)22-11-15(20)21-17(3,4)5/h6-10H,11H2,1-5H3. The molecule has 22 heavy (non-hydrogen) atoms. The number of hydrogen-bond acceptors (Lipinski definition) is 4. The molecule has 1 aromatic heterocycles. The number of aryl methyl sites for hydroxylation is 1. The lowest BCUT2D eigenvalue weighted by Gasteiger charge is -2.19. The average Bonchev–Trinajstić information content (AvgIpc) is 2.86. The van der Waals surface area contributed by atoms with Gasteiger partial charge in [0.1, 0.15) is 5.60 Å². The van der Waals surface area contributed by atoms with Gasteiger partial charge in [0.15, 0.2) is 5.16 Å². The minimum atomic E-state index is -0.458. The van der Waals surface area contributed by atoms with E-state index in [1.54, 1.807) is 6.20 Å². The number of carbonyl (C=O) groups excluding carboxylic acids is 1. The van der Waals surface area contributed by atoms with Crippen LogP contribution in [0.25, 0.3) is 5.69 Å². The van der Waals surface area contributed by atoms with Gasteiger partial charge in [-0.1, -0.05) is 23.9 Å². The first-order valence-electron chi connectivity index (χ1n) is 7.22. The lowest BCUT2D eigenvalue weighted by Crippen LogP contribution is -2.25. The number of hydrogen-bond donors (Lipinski definition) is 0. The van der Waals surface area contributed by atoms with Crippen LogP contribution in [0.15, 0.2) is 35.7 Å². The molecule has 0 radical (unpaired) electrons. The number of aromatic nitrogens is 2. The second-order valence-electron chi connectivity index (χ2n) is 6.17. The molecule has 4 nitrogen and oxygen atoms in total. The van der Waals surface area contributed by atoms with Crippen molar-refractivity contribution in [2.24, 2.45) is 0 Å². The normalized spacial score (nSPS) is 11.5. The number of imidazole rings is 1. The Morgan fingerprint density at radius 1 is 1.32 bits per heavy atom. The van der Waals surface area contributed by atoms with Gasteiger partial charge in [-0.25, -0.2) is 4.98 Å². The van der Waals surface area contributed by atoms with Crippen molar-refractivity contribution in [3.8, 4) is 5.69 Å². The fourth-order valence-electron chi connectivity index (χ4n) is 2.07. The highest BCUT2D eigenvalue weighted by Gasteiger charge is 2.17. The summed E-state index contributed by atoms with van der Waals surface area (Å²) in [5.41, 5.74) is 3.07. The SMILES string of the molecule is Cc1cccc(-n2ccnc2SCC(=O)OC(C)(C)C)c1C. The fraction of sp³-hybridized carbons (Fsp3) is 0.412. The molecule has 2 aromatic rings. The van der Waals surface area contributed by atoms with Crippen LogP contribution in [0, 0.1) is 13.8 Å². The van der Waals surface area contributed by atoms with E-state index in [0.29, 0.717) is 0 Å². The smallest absolute Gasteiger partial charge is 0.316 e. The Kier molecular flexibility index (Phi) is 4.96. The number of rotatable bonds is 4. The van der Waals surface area contributed by atoms with Gasteiger partial charge >= 0.3 is 5.97 Å². The van der Waals surface area contributed by atoms with Crippen molar-refractivity contribution >= 4 is 17.7 Å². The van der Waals surface area contributed by atoms with Crippen LogP contribution in [0.4, 0.5) is 0 Å². The molecule has 0 fully saturated rings. The van der Waals surface area contributed by atoms with E-state index < -0.39 is 5.60 Å². The van der Waals surface area contributed by atoms with Crippen molar-refractivity contribution in [2.75, 3.05) is 5.75 Å². The fourth-order valence-corrected chi connectivity index (χ4v) is 2.81. The van der Waals surface area contributed by atoms with E-state index in [-0.39, 0.29) is 11.7 Å². The molecule has 0 atom stereocenters. The first-order chi connectivity index (χ1) is 10.3. The Bertz CT molecular complexity index is 672. The maximum atomic E-state index is 11.8. The minimum absolute atomic E-state index is 0.229. The molecular weight excluding hydrogens is 296 g/mol. The molecule has 0 bridgehead atoms. The van der Waals surface area contributed by atoms with Crippen LogP contribution in [-0.4, -0.2) is 26.9 Å². The molecule has 0 saturated heterocycles. The third-order valence-corrected chi connectivity index (χ3v) is 4.12. The highest BCUT2D eigenvalue weighted by molar-refractivity contribution is 7.99. The van der Waals surface area contributed by atoms with E-state index in [1.807, 2.05) is 37.6 Å². The van der Waals surface area contributed by atoms with Gasteiger partial charge in [-0.15, -0.1) is 0 Å². The second-order valence-corrected chi connectivity index (χ2v) is 7.12. The zero-order chi connectivity index (χ0) is 16.3. The monoisotopic (exact) mass is 318 g/mol. The summed E-state index contributed by atoms with van der Waals surface area (Å²) in [6.45, 7) is 9.78. The number of esters is 1. The Morgan fingerprint density at radius 3 is 2.73 bits per heavy atom. The molecule has 1 heterocycles. The van der Waals surface area contributed by atoms with Gasteiger partial charge in [0, 0.05) is 12.4 Å². The number of benzene rings is 1. The lowest BCUT2D eigenvalue weighted by atomic mass is 10.1. The highest BCUT2D eigenvalue weighted by Crippen LogP contribution is 2.24. The quantitative estimate of drug-likeness (QED) is 0.633. The van der Waals surface area contributed by atoms with Gasteiger partial charge in [0.05, 0.1) is 11.4 Å². The van der Waals surface area contributed by atoms with Crippen LogP contribution in [-0.2, 0) is 9.53 Å². The topological polar surface area (TPSA) is 44.1 Å². The average molecular weight is 318 g/mol. The molecule has 118 valence electrons. The third kappa shape index (κ3) is 4.13. The largest absolute Gasteiger partial charge is 0.459 e. The van der Waals surface area contributed by atoms with Crippen molar-refractivity contribution < 1.29 is 9.53 Å². The Balaban J connectivity index is 2.14. The van der Waals surface area contributed by atoms with E-state index in [2.05, 4.69) is 31.0 Å². The zero-order valence-corrected chi connectivity index (χ0v) is 14.5. The molecule has 0 aliphatic heterocycles. The van der Waals surface area contributed by atoms with Crippen LogP contribution in [0.2, 0.25) is 0 Å². The zero-order valence-electron chi connectivity index (χ0n) is 13.7. The molecular formula is C17H22N2O2S. The van der Waals surface area contributed by atoms with Crippen molar-refractivity contribution in [3.63, 3.8) is 0 Å². The van der Waals surface area contributed by atoms with Crippen LogP contribution in [0.1, 0.15) is 31.9 Å². The van der Waals surface area contributed by atoms with Crippen molar-refractivity contribution in [1.82, 2.24) is 9.55 Å². The van der Waals surface area contributed by atoms with Gasteiger partial charge in [-0.2, -0.15) is 0 Å². The predicted molar refractivity (Wildman–Crippen MR) is 89.6 cm³/mol. The Labute approximate surface area is 135 Å².